The maximum absolute atomic E-state index is 15.2. The van der Waals surface area contributed by atoms with Gasteiger partial charge in [-0.3, -0.25) is 0 Å². The van der Waals surface area contributed by atoms with E-state index in [0.717, 1.165) is 42.5 Å². The number of hydrogen-bond donors (Lipinski definition) is 0. The van der Waals surface area contributed by atoms with Crippen molar-refractivity contribution in [1.29, 1.82) is 0 Å². The first-order valence-electron chi connectivity index (χ1n) is 11.3. The van der Waals surface area contributed by atoms with Crippen molar-refractivity contribution in [3.63, 3.8) is 0 Å². The monoisotopic (exact) mass is 486 g/mol. The second-order valence-corrected chi connectivity index (χ2v) is 8.26. The summed E-state index contributed by atoms with van der Waals surface area (Å²) in [6.45, 7) is -1.21. The van der Waals surface area contributed by atoms with Gasteiger partial charge in [-0.1, -0.05) is 37.6 Å². The molecule has 1 aromatic heterocycles. The fraction of sp³-hybridized carbons (Fsp3) is 0.259. The number of unbranched alkanes of at least 4 members (excludes halogenated alkanes) is 1. The molecule has 4 aromatic rings. The molecular formula is C27H23F5N2O. The highest BCUT2D eigenvalue weighted by molar-refractivity contribution is 5.87. The van der Waals surface area contributed by atoms with Gasteiger partial charge in [-0.05, 0) is 66.0 Å². The summed E-state index contributed by atoms with van der Waals surface area (Å²) in [5.74, 6) is -3.46. The molecular weight excluding hydrogens is 463 g/mol. The lowest BCUT2D eigenvalue weighted by atomic mass is 9.98. The summed E-state index contributed by atoms with van der Waals surface area (Å²) in [6, 6.07) is 10.5. The fourth-order valence-corrected chi connectivity index (χ4v) is 3.92. The van der Waals surface area contributed by atoms with Gasteiger partial charge in [0.1, 0.15) is 5.82 Å². The predicted octanol–water partition coefficient (Wildman–Crippen LogP) is 7.44. The van der Waals surface area contributed by atoms with E-state index < -0.39 is 29.8 Å². The lowest BCUT2D eigenvalue weighted by Crippen LogP contribution is -2.06. The Labute approximate surface area is 199 Å². The zero-order valence-electron chi connectivity index (χ0n) is 19.0. The number of aryl methyl sites for hydroxylation is 3. The van der Waals surface area contributed by atoms with Crippen LogP contribution in [0, 0.1) is 17.5 Å². The van der Waals surface area contributed by atoms with Crippen LogP contribution in [0.1, 0.15) is 36.5 Å². The Balaban J connectivity index is 1.51. The third-order valence-electron chi connectivity index (χ3n) is 5.76. The van der Waals surface area contributed by atoms with Crippen molar-refractivity contribution in [2.45, 2.75) is 45.6 Å². The largest absolute Gasteiger partial charge is 0.429 e. The van der Waals surface area contributed by atoms with Crippen LogP contribution in [0.3, 0.4) is 0 Å². The van der Waals surface area contributed by atoms with Crippen molar-refractivity contribution in [1.82, 2.24) is 9.97 Å². The first-order chi connectivity index (χ1) is 16.9. The van der Waals surface area contributed by atoms with Gasteiger partial charge in [0.25, 0.3) is 0 Å². The van der Waals surface area contributed by atoms with E-state index in [4.69, 9.17) is 0 Å². The van der Waals surface area contributed by atoms with E-state index in [-0.39, 0.29) is 18.4 Å². The van der Waals surface area contributed by atoms with Crippen LogP contribution in [0.2, 0.25) is 0 Å². The number of alkyl halides is 2. The minimum absolute atomic E-state index is 0.113. The second kappa shape index (κ2) is 10.8. The van der Waals surface area contributed by atoms with Gasteiger partial charge >= 0.3 is 6.61 Å². The highest BCUT2D eigenvalue weighted by Crippen LogP contribution is 2.28. The Morgan fingerprint density at radius 3 is 2.20 bits per heavy atom. The number of benzene rings is 3. The SMILES string of the molecule is CCCCc1cnc(-c2ccc3c(F)c(CCc4cc(F)c(OC(F)F)c(F)c4)ccc3c2)nc1. The molecule has 0 saturated heterocycles. The first-order valence-corrected chi connectivity index (χ1v) is 11.3. The third kappa shape index (κ3) is 5.75. The molecule has 4 rings (SSSR count). The van der Waals surface area contributed by atoms with Crippen molar-refractivity contribution in [2.24, 2.45) is 0 Å². The summed E-state index contributed by atoms with van der Waals surface area (Å²) in [6.07, 6.45) is 6.99. The van der Waals surface area contributed by atoms with Crippen LogP contribution in [-0.4, -0.2) is 16.6 Å². The first kappa shape index (κ1) is 24.6. The highest BCUT2D eigenvalue weighted by atomic mass is 19.3. The molecule has 0 saturated carbocycles. The summed E-state index contributed by atoms with van der Waals surface area (Å²) in [5, 5.41) is 1.08. The molecule has 0 N–H and O–H groups in total. The van der Waals surface area contributed by atoms with Crippen LogP contribution in [0.5, 0.6) is 5.75 Å². The molecule has 0 atom stereocenters. The fourth-order valence-electron chi connectivity index (χ4n) is 3.92. The van der Waals surface area contributed by atoms with Crippen molar-refractivity contribution in [3.05, 3.63) is 89.0 Å². The molecule has 3 aromatic carbocycles. The Kier molecular flexibility index (Phi) is 7.58. The third-order valence-corrected chi connectivity index (χ3v) is 5.76. The average Bonchev–Trinajstić information content (AvgIpc) is 2.84. The van der Waals surface area contributed by atoms with Gasteiger partial charge in [0.05, 0.1) is 0 Å². The van der Waals surface area contributed by atoms with E-state index in [0.29, 0.717) is 22.2 Å². The number of nitrogens with zero attached hydrogens (tertiary/aromatic N) is 2. The van der Waals surface area contributed by atoms with Crippen LogP contribution in [-0.2, 0) is 19.3 Å². The zero-order chi connectivity index (χ0) is 24.9. The summed E-state index contributed by atoms with van der Waals surface area (Å²) in [5.41, 5.74) is 2.42. The van der Waals surface area contributed by atoms with Gasteiger partial charge in [0.15, 0.2) is 23.2 Å². The second-order valence-electron chi connectivity index (χ2n) is 8.26. The van der Waals surface area contributed by atoms with Crippen LogP contribution >= 0.6 is 0 Å². The summed E-state index contributed by atoms with van der Waals surface area (Å²) in [7, 11) is 0. The summed E-state index contributed by atoms with van der Waals surface area (Å²) >= 11 is 0. The average molecular weight is 486 g/mol. The quantitative estimate of drug-likeness (QED) is 0.231. The molecule has 1 heterocycles. The molecule has 0 aliphatic rings. The number of ether oxygens (including phenoxy) is 1. The van der Waals surface area contributed by atoms with Crippen LogP contribution in [0.25, 0.3) is 22.2 Å². The molecule has 0 unspecified atom stereocenters. The van der Waals surface area contributed by atoms with E-state index in [1.54, 1.807) is 24.3 Å². The molecule has 8 heteroatoms. The number of aromatic nitrogens is 2. The molecule has 0 radical (unpaired) electrons. The molecule has 0 bridgehead atoms. The number of rotatable bonds is 9. The summed E-state index contributed by atoms with van der Waals surface area (Å²) < 4.78 is 71.5. The van der Waals surface area contributed by atoms with Crippen molar-refractivity contribution < 1.29 is 26.7 Å². The van der Waals surface area contributed by atoms with E-state index in [1.807, 2.05) is 18.5 Å². The van der Waals surface area contributed by atoms with Crippen LogP contribution in [0.15, 0.2) is 54.9 Å². The Morgan fingerprint density at radius 1 is 0.829 bits per heavy atom. The van der Waals surface area contributed by atoms with Gasteiger partial charge < -0.3 is 4.74 Å². The van der Waals surface area contributed by atoms with Crippen molar-refractivity contribution >= 4 is 10.8 Å². The van der Waals surface area contributed by atoms with E-state index in [2.05, 4.69) is 21.6 Å². The standard InChI is InChI=1S/C27H23F5N2O/c1-2-3-4-17-14-33-26(34-15-17)20-9-10-21-19(13-20)8-7-18(24(21)30)6-5-16-11-22(28)25(23(29)12-16)35-27(31)32/h7-15,27H,2-6H2,1H3. The molecule has 35 heavy (non-hydrogen) atoms. The van der Waals surface area contributed by atoms with E-state index >= 15 is 4.39 Å². The minimum atomic E-state index is -3.34. The molecule has 0 aliphatic heterocycles. The highest BCUT2D eigenvalue weighted by Gasteiger charge is 2.17. The van der Waals surface area contributed by atoms with Gasteiger partial charge in [-0.2, -0.15) is 8.78 Å². The Bertz CT molecular complexity index is 1300. The zero-order valence-corrected chi connectivity index (χ0v) is 19.0. The number of fused-ring (bicyclic) bond motifs is 1. The molecule has 3 nitrogen and oxygen atoms in total. The summed E-state index contributed by atoms with van der Waals surface area (Å²) in [4.78, 5) is 8.86. The predicted molar refractivity (Wildman–Crippen MR) is 124 cm³/mol. The Hall–Kier alpha value is -3.55. The van der Waals surface area contributed by atoms with Gasteiger partial charge in [-0.15, -0.1) is 0 Å². The minimum Gasteiger partial charge on any atom is -0.429 e. The smallest absolute Gasteiger partial charge is 0.387 e. The maximum Gasteiger partial charge on any atom is 0.387 e. The number of hydrogen-bond acceptors (Lipinski definition) is 3. The van der Waals surface area contributed by atoms with Gasteiger partial charge in [0.2, 0.25) is 0 Å². The molecule has 0 aliphatic carbocycles. The molecule has 182 valence electrons. The lowest BCUT2D eigenvalue weighted by molar-refractivity contribution is -0.0546. The van der Waals surface area contributed by atoms with Crippen molar-refractivity contribution in [3.8, 4) is 17.1 Å². The normalized spacial score (nSPS) is 11.4. The van der Waals surface area contributed by atoms with Gasteiger partial charge in [0, 0.05) is 23.3 Å². The lowest BCUT2D eigenvalue weighted by Gasteiger charge is -2.11. The van der Waals surface area contributed by atoms with Crippen LogP contribution in [0.4, 0.5) is 22.0 Å². The van der Waals surface area contributed by atoms with Crippen LogP contribution < -0.4 is 4.74 Å². The van der Waals surface area contributed by atoms with E-state index in [1.165, 1.54) is 0 Å². The van der Waals surface area contributed by atoms with E-state index in [9.17, 15) is 17.6 Å². The van der Waals surface area contributed by atoms with Gasteiger partial charge in [-0.25, -0.2) is 23.1 Å². The Morgan fingerprint density at radius 2 is 1.54 bits per heavy atom. The molecule has 0 amide bonds. The molecule has 0 fully saturated rings. The topological polar surface area (TPSA) is 35.0 Å². The van der Waals surface area contributed by atoms with Crippen molar-refractivity contribution in [2.75, 3.05) is 0 Å². The molecule has 0 spiro atoms. The number of halogens is 5. The maximum atomic E-state index is 15.2.